The molecule has 1 saturated heterocycles. The average molecular weight is 264 g/mol. The number of fused-ring (bicyclic) bond motifs is 1. The maximum Gasteiger partial charge on any atom is 0.417 e. The second-order valence-electron chi connectivity index (χ2n) is 4.66. The Hall–Kier alpha value is -2.28. The Morgan fingerprint density at radius 1 is 1.47 bits per heavy atom. The Morgan fingerprint density at radius 3 is 2.89 bits per heavy atom. The highest BCUT2D eigenvalue weighted by molar-refractivity contribution is 5.78. The van der Waals surface area contributed by atoms with Crippen molar-refractivity contribution >= 4 is 22.8 Å². The molecule has 7 heteroatoms. The molecule has 0 spiro atoms. The third-order valence-electron chi connectivity index (χ3n) is 3.26. The van der Waals surface area contributed by atoms with Crippen LogP contribution < -0.4 is 11.1 Å². The van der Waals surface area contributed by atoms with Crippen LogP contribution in [0.2, 0.25) is 0 Å². The van der Waals surface area contributed by atoms with Crippen LogP contribution in [0.25, 0.3) is 11.1 Å². The van der Waals surface area contributed by atoms with E-state index in [4.69, 9.17) is 14.3 Å². The molecule has 0 radical (unpaired) electrons. The zero-order valence-corrected chi connectivity index (χ0v) is 9.93. The number of ether oxygens (including phenoxy) is 1. The molecule has 1 aromatic heterocycles. The lowest BCUT2D eigenvalue weighted by Gasteiger charge is -2.37. The standard InChI is InChI=1S/C12H12N2O5/c15-10(16)12(5-18-6-12)4-13-7-1-2-8-9(3-7)19-11(17)14-8/h1-3,13H,4-6H2,(H,14,17)(H,15,16). The van der Waals surface area contributed by atoms with Gasteiger partial charge >= 0.3 is 11.7 Å². The van der Waals surface area contributed by atoms with Gasteiger partial charge in [-0.2, -0.15) is 0 Å². The van der Waals surface area contributed by atoms with E-state index in [1.807, 2.05) is 0 Å². The fourth-order valence-corrected chi connectivity index (χ4v) is 1.98. The van der Waals surface area contributed by atoms with Gasteiger partial charge in [0.2, 0.25) is 0 Å². The second kappa shape index (κ2) is 4.13. The van der Waals surface area contributed by atoms with E-state index in [0.29, 0.717) is 16.8 Å². The van der Waals surface area contributed by atoms with Crippen LogP contribution in [-0.4, -0.2) is 35.8 Å². The largest absolute Gasteiger partial charge is 0.481 e. The molecular weight excluding hydrogens is 252 g/mol. The molecule has 1 aromatic carbocycles. The van der Waals surface area contributed by atoms with Crippen molar-refractivity contribution in [1.82, 2.24) is 4.98 Å². The lowest BCUT2D eigenvalue weighted by atomic mass is 9.86. The highest BCUT2D eigenvalue weighted by atomic mass is 16.5. The van der Waals surface area contributed by atoms with Gasteiger partial charge in [-0.3, -0.25) is 9.78 Å². The number of carboxylic acid groups (broad SMARTS) is 1. The van der Waals surface area contributed by atoms with Crippen LogP contribution in [0.1, 0.15) is 0 Å². The Morgan fingerprint density at radius 2 is 2.26 bits per heavy atom. The van der Waals surface area contributed by atoms with Gasteiger partial charge in [-0.25, -0.2) is 4.79 Å². The highest BCUT2D eigenvalue weighted by Crippen LogP contribution is 2.28. The topological polar surface area (TPSA) is 105 Å². The van der Waals surface area contributed by atoms with Crippen LogP contribution >= 0.6 is 0 Å². The molecule has 3 N–H and O–H groups in total. The van der Waals surface area contributed by atoms with Crippen molar-refractivity contribution in [2.45, 2.75) is 0 Å². The maximum atomic E-state index is 11.2. The number of H-pyrrole nitrogens is 1. The fraction of sp³-hybridized carbons (Fsp3) is 0.333. The number of aromatic amines is 1. The van der Waals surface area contributed by atoms with E-state index in [-0.39, 0.29) is 19.8 Å². The predicted octanol–water partition coefficient (Wildman–Crippen LogP) is 0.634. The zero-order chi connectivity index (χ0) is 13.5. The van der Waals surface area contributed by atoms with E-state index in [0.717, 1.165) is 0 Å². The number of hydrogen-bond acceptors (Lipinski definition) is 5. The number of hydrogen-bond donors (Lipinski definition) is 3. The molecule has 3 rings (SSSR count). The van der Waals surface area contributed by atoms with Crippen molar-refractivity contribution in [2.75, 3.05) is 25.1 Å². The molecule has 2 heterocycles. The molecule has 0 unspecified atom stereocenters. The minimum absolute atomic E-state index is 0.205. The molecule has 0 saturated carbocycles. The number of anilines is 1. The summed E-state index contributed by atoms with van der Waals surface area (Å²) in [5.41, 5.74) is 0.871. The van der Waals surface area contributed by atoms with Crippen LogP contribution in [-0.2, 0) is 9.53 Å². The Kier molecular flexibility index (Phi) is 2.56. The molecule has 0 atom stereocenters. The summed E-state index contributed by atoms with van der Waals surface area (Å²) in [5, 5.41) is 12.2. The molecule has 19 heavy (non-hydrogen) atoms. The molecular formula is C12H12N2O5. The molecule has 2 aromatic rings. The Balaban J connectivity index is 1.78. The van der Waals surface area contributed by atoms with Crippen LogP contribution in [0, 0.1) is 5.41 Å². The minimum Gasteiger partial charge on any atom is -0.481 e. The van der Waals surface area contributed by atoms with E-state index in [1.54, 1.807) is 18.2 Å². The molecule has 0 aliphatic carbocycles. The molecule has 1 aliphatic rings. The van der Waals surface area contributed by atoms with E-state index in [9.17, 15) is 9.59 Å². The van der Waals surface area contributed by atoms with Gasteiger partial charge < -0.3 is 19.6 Å². The van der Waals surface area contributed by atoms with Gasteiger partial charge in [0.05, 0.1) is 18.7 Å². The average Bonchev–Trinajstić information content (AvgIpc) is 2.66. The summed E-state index contributed by atoms with van der Waals surface area (Å²) in [6, 6.07) is 5.11. The van der Waals surface area contributed by atoms with Gasteiger partial charge in [0.15, 0.2) is 5.58 Å². The minimum atomic E-state index is -0.875. The summed E-state index contributed by atoms with van der Waals surface area (Å²) in [6.07, 6.45) is 0. The third kappa shape index (κ3) is 1.97. The number of carboxylic acids is 1. The number of oxazole rings is 1. The summed E-state index contributed by atoms with van der Waals surface area (Å²) >= 11 is 0. The van der Waals surface area contributed by atoms with Crippen LogP contribution in [0.3, 0.4) is 0 Å². The van der Waals surface area contributed by atoms with Crippen molar-refractivity contribution in [1.29, 1.82) is 0 Å². The fourth-order valence-electron chi connectivity index (χ4n) is 1.98. The first-order chi connectivity index (χ1) is 9.09. The van der Waals surface area contributed by atoms with Gasteiger partial charge in [0.1, 0.15) is 5.41 Å². The molecule has 1 aliphatic heterocycles. The van der Waals surface area contributed by atoms with Gasteiger partial charge in [0, 0.05) is 18.3 Å². The summed E-state index contributed by atoms with van der Waals surface area (Å²) < 4.78 is 9.91. The highest BCUT2D eigenvalue weighted by Gasteiger charge is 2.46. The first-order valence-corrected chi connectivity index (χ1v) is 5.77. The lowest BCUT2D eigenvalue weighted by Crippen LogP contribution is -2.53. The number of benzene rings is 1. The lowest BCUT2D eigenvalue weighted by molar-refractivity contribution is -0.176. The van der Waals surface area contributed by atoms with E-state index >= 15 is 0 Å². The Bertz CT molecular complexity index is 683. The van der Waals surface area contributed by atoms with Crippen LogP contribution in [0.4, 0.5) is 5.69 Å². The summed E-state index contributed by atoms with van der Waals surface area (Å²) in [4.78, 5) is 24.7. The number of carbonyl (C=O) groups is 1. The molecule has 1 fully saturated rings. The van der Waals surface area contributed by atoms with Gasteiger partial charge in [-0.15, -0.1) is 0 Å². The van der Waals surface area contributed by atoms with Crippen molar-refractivity contribution in [2.24, 2.45) is 5.41 Å². The molecule has 0 amide bonds. The van der Waals surface area contributed by atoms with Crippen molar-refractivity contribution in [3.05, 3.63) is 28.7 Å². The molecule has 7 nitrogen and oxygen atoms in total. The SMILES string of the molecule is O=C(O)C1(CNc2ccc3[nH]c(=O)oc3c2)COC1. The van der Waals surface area contributed by atoms with Crippen molar-refractivity contribution in [3.63, 3.8) is 0 Å². The third-order valence-corrected chi connectivity index (χ3v) is 3.26. The number of aromatic nitrogens is 1. The van der Waals surface area contributed by atoms with Crippen LogP contribution in [0.5, 0.6) is 0 Å². The van der Waals surface area contributed by atoms with Gasteiger partial charge in [0.25, 0.3) is 0 Å². The predicted molar refractivity (Wildman–Crippen MR) is 66.2 cm³/mol. The summed E-state index contributed by atoms with van der Waals surface area (Å²) in [5.74, 6) is -1.39. The molecule has 0 bridgehead atoms. The first kappa shape index (κ1) is 11.8. The number of rotatable bonds is 4. The monoisotopic (exact) mass is 264 g/mol. The van der Waals surface area contributed by atoms with Gasteiger partial charge in [-0.05, 0) is 12.1 Å². The first-order valence-electron chi connectivity index (χ1n) is 5.77. The summed E-state index contributed by atoms with van der Waals surface area (Å²) in [6.45, 7) is 0.677. The smallest absolute Gasteiger partial charge is 0.417 e. The van der Waals surface area contributed by atoms with E-state index in [2.05, 4.69) is 10.3 Å². The van der Waals surface area contributed by atoms with Crippen molar-refractivity contribution in [3.8, 4) is 0 Å². The van der Waals surface area contributed by atoms with Crippen LogP contribution in [0.15, 0.2) is 27.4 Å². The van der Waals surface area contributed by atoms with Crippen molar-refractivity contribution < 1.29 is 19.1 Å². The summed E-state index contributed by atoms with van der Waals surface area (Å²) in [7, 11) is 0. The van der Waals surface area contributed by atoms with E-state index in [1.165, 1.54) is 0 Å². The maximum absolute atomic E-state index is 11.2. The molecule has 100 valence electrons. The van der Waals surface area contributed by atoms with E-state index < -0.39 is 17.1 Å². The number of aliphatic carboxylic acids is 1. The zero-order valence-electron chi connectivity index (χ0n) is 9.93. The van der Waals surface area contributed by atoms with Gasteiger partial charge in [-0.1, -0.05) is 0 Å². The quantitative estimate of drug-likeness (QED) is 0.748. The number of nitrogens with one attached hydrogen (secondary N) is 2. The second-order valence-corrected chi connectivity index (χ2v) is 4.66. The normalized spacial score (nSPS) is 17.1. The Labute approximate surface area is 107 Å².